The summed E-state index contributed by atoms with van der Waals surface area (Å²) in [4.78, 5) is 22.5. The van der Waals surface area contributed by atoms with E-state index in [1.54, 1.807) is 18.2 Å². The van der Waals surface area contributed by atoms with E-state index in [-0.39, 0.29) is 5.91 Å². The van der Waals surface area contributed by atoms with Gasteiger partial charge in [-0.15, -0.1) is 0 Å². The molecule has 1 unspecified atom stereocenters. The van der Waals surface area contributed by atoms with Crippen LogP contribution in [-0.2, 0) is 4.79 Å². The minimum Gasteiger partial charge on any atom is -0.477 e. The van der Waals surface area contributed by atoms with Crippen molar-refractivity contribution in [2.45, 2.75) is 25.8 Å². The molecule has 1 atom stereocenters. The Bertz CT molecular complexity index is 725. The zero-order valence-electron chi connectivity index (χ0n) is 13.4. The number of nitrogens with zero attached hydrogens (tertiary/aromatic N) is 3. The number of ether oxygens (including phenoxy) is 1. The molecule has 1 amide bonds. The molecule has 1 aromatic heterocycles. The average Bonchev–Trinajstić information content (AvgIpc) is 2.58. The van der Waals surface area contributed by atoms with E-state index in [2.05, 4.69) is 15.3 Å². The molecule has 3 rings (SSSR count). The molecule has 0 aliphatic carbocycles. The Morgan fingerprint density at radius 2 is 2.21 bits per heavy atom. The van der Waals surface area contributed by atoms with Crippen LogP contribution in [0.1, 0.15) is 19.8 Å². The largest absolute Gasteiger partial charge is 0.477 e. The van der Waals surface area contributed by atoms with Crippen molar-refractivity contribution >= 4 is 17.4 Å². The molecule has 1 saturated heterocycles. The van der Waals surface area contributed by atoms with Gasteiger partial charge in [0.25, 0.3) is 0 Å². The van der Waals surface area contributed by atoms with Crippen LogP contribution in [0.15, 0.2) is 36.7 Å². The molecular weight excluding hydrogens is 311 g/mol. The smallest absolute Gasteiger partial charge is 0.249 e. The van der Waals surface area contributed by atoms with Crippen LogP contribution in [0.4, 0.5) is 15.9 Å². The van der Waals surface area contributed by atoms with Crippen LogP contribution in [0, 0.1) is 5.82 Å². The number of amides is 1. The van der Waals surface area contributed by atoms with Gasteiger partial charge in [0.1, 0.15) is 17.7 Å². The molecule has 126 valence electrons. The standard InChI is InChI=1S/C17H19FN4O2/c1-2-24-16-11-19-10-15(21-16)20-13-7-5-9-22(17(13)23)14-8-4-3-6-12(14)18/h3-4,6,8,10-11,13H,2,5,7,9H2,1H3,(H,20,21). The lowest BCUT2D eigenvalue weighted by Crippen LogP contribution is -2.48. The highest BCUT2D eigenvalue weighted by molar-refractivity contribution is 5.99. The first-order chi connectivity index (χ1) is 11.7. The molecular formula is C17H19FN4O2. The highest BCUT2D eigenvalue weighted by Crippen LogP contribution is 2.25. The molecule has 1 aliphatic rings. The second-order valence-electron chi connectivity index (χ2n) is 5.46. The number of piperidine rings is 1. The molecule has 1 aromatic carbocycles. The third-order valence-electron chi connectivity index (χ3n) is 3.81. The Labute approximate surface area is 139 Å². The normalized spacial score (nSPS) is 17.7. The number of carbonyl (C=O) groups excluding carboxylic acids is 1. The fraction of sp³-hybridized carbons (Fsp3) is 0.353. The minimum absolute atomic E-state index is 0.171. The third-order valence-corrected chi connectivity index (χ3v) is 3.81. The van der Waals surface area contributed by atoms with Gasteiger partial charge in [-0.2, -0.15) is 4.98 Å². The zero-order chi connectivity index (χ0) is 16.9. The molecule has 1 N–H and O–H groups in total. The summed E-state index contributed by atoms with van der Waals surface area (Å²) in [6.07, 6.45) is 4.49. The lowest BCUT2D eigenvalue weighted by molar-refractivity contribution is -0.120. The number of anilines is 2. The summed E-state index contributed by atoms with van der Waals surface area (Å²) in [5.74, 6) is 0.297. The highest BCUT2D eigenvalue weighted by atomic mass is 19.1. The van der Waals surface area contributed by atoms with Crippen LogP contribution >= 0.6 is 0 Å². The van der Waals surface area contributed by atoms with Crippen molar-refractivity contribution in [3.8, 4) is 5.88 Å². The van der Waals surface area contributed by atoms with Crippen molar-refractivity contribution in [3.05, 3.63) is 42.5 Å². The van der Waals surface area contributed by atoms with Gasteiger partial charge in [-0.25, -0.2) is 4.39 Å². The number of para-hydroxylation sites is 1. The number of rotatable bonds is 5. The van der Waals surface area contributed by atoms with Crippen LogP contribution in [0.2, 0.25) is 0 Å². The highest BCUT2D eigenvalue weighted by Gasteiger charge is 2.31. The first-order valence-electron chi connectivity index (χ1n) is 7.96. The fourth-order valence-corrected chi connectivity index (χ4v) is 2.73. The SMILES string of the molecule is CCOc1cncc(NC2CCCN(c3ccccc3F)C2=O)n1. The van der Waals surface area contributed by atoms with Crippen molar-refractivity contribution in [2.24, 2.45) is 0 Å². The Morgan fingerprint density at radius 1 is 1.38 bits per heavy atom. The van der Waals surface area contributed by atoms with Crippen molar-refractivity contribution in [2.75, 3.05) is 23.4 Å². The van der Waals surface area contributed by atoms with Gasteiger partial charge in [-0.1, -0.05) is 12.1 Å². The van der Waals surface area contributed by atoms with E-state index in [1.807, 2.05) is 6.92 Å². The third kappa shape index (κ3) is 3.45. The van der Waals surface area contributed by atoms with Crippen molar-refractivity contribution in [1.29, 1.82) is 0 Å². The number of carbonyl (C=O) groups is 1. The number of halogens is 1. The maximum Gasteiger partial charge on any atom is 0.249 e. The second-order valence-corrected chi connectivity index (χ2v) is 5.46. The number of hydrogen-bond acceptors (Lipinski definition) is 5. The predicted octanol–water partition coefficient (Wildman–Crippen LogP) is 2.62. The molecule has 0 saturated carbocycles. The monoisotopic (exact) mass is 330 g/mol. The van der Waals surface area contributed by atoms with Gasteiger partial charge in [0.15, 0.2) is 0 Å². The van der Waals surface area contributed by atoms with Gasteiger partial charge >= 0.3 is 0 Å². The van der Waals surface area contributed by atoms with E-state index in [0.717, 1.165) is 6.42 Å². The molecule has 0 spiro atoms. The molecule has 1 fully saturated rings. The molecule has 0 radical (unpaired) electrons. The quantitative estimate of drug-likeness (QED) is 0.913. The van der Waals surface area contributed by atoms with Crippen LogP contribution < -0.4 is 15.0 Å². The Morgan fingerprint density at radius 3 is 3.00 bits per heavy atom. The van der Waals surface area contributed by atoms with Crippen LogP contribution in [-0.4, -0.2) is 35.1 Å². The fourth-order valence-electron chi connectivity index (χ4n) is 2.73. The van der Waals surface area contributed by atoms with Crippen molar-refractivity contribution in [1.82, 2.24) is 9.97 Å². The first-order valence-corrected chi connectivity index (χ1v) is 7.96. The molecule has 24 heavy (non-hydrogen) atoms. The van der Waals surface area contributed by atoms with Crippen LogP contribution in [0.5, 0.6) is 5.88 Å². The zero-order valence-corrected chi connectivity index (χ0v) is 13.4. The minimum atomic E-state index is -0.468. The van der Waals surface area contributed by atoms with Crippen molar-refractivity contribution in [3.63, 3.8) is 0 Å². The number of nitrogens with one attached hydrogen (secondary N) is 1. The van der Waals surface area contributed by atoms with Crippen LogP contribution in [0.3, 0.4) is 0 Å². The number of benzene rings is 1. The maximum absolute atomic E-state index is 14.0. The van der Waals surface area contributed by atoms with E-state index in [9.17, 15) is 9.18 Å². The van der Waals surface area contributed by atoms with Gasteiger partial charge in [0.2, 0.25) is 11.8 Å². The molecule has 2 heterocycles. The van der Waals surface area contributed by atoms with Crippen molar-refractivity contribution < 1.29 is 13.9 Å². The first kappa shape index (κ1) is 16.2. The van der Waals surface area contributed by atoms with Gasteiger partial charge in [-0.3, -0.25) is 9.78 Å². The van der Waals surface area contributed by atoms with E-state index >= 15 is 0 Å². The van der Waals surface area contributed by atoms with E-state index < -0.39 is 11.9 Å². The lowest BCUT2D eigenvalue weighted by atomic mass is 10.0. The number of hydrogen-bond donors (Lipinski definition) is 1. The molecule has 6 nitrogen and oxygen atoms in total. The molecule has 2 aromatic rings. The summed E-state index contributed by atoms with van der Waals surface area (Å²) in [6, 6.07) is 5.84. The lowest BCUT2D eigenvalue weighted by Gasteiger charge is -2.33. The van der Waals surface area contributed by atoms with E-state index in [0.29, 0.717) is 37.0 Å². The Balaban J connectivity index is 1.76. The van der Waals surface area contributed by atoms with Gasteiger partial charge in [0, 0.05) is 6.54 Å². The van der Waals surface area contributed by atoms with Gasteiger partial charge in [0.05, 0.1) is 24.7 Å². The van der Waals surface area contributed by atoms with Gasteiger partial charge in [-0.05, 0) is 31.9 Å². The maximum atomic E-state index is 14.0. The summed E-state index contributed by atoms with van der Waals surface area (Å²) >= 11 is 0. The second kappa shape index (κ2) is 7.25. The summed E-state index contributed by atoms with van der Waals surface area (Å²) in [7, 11) is 0. The molecule has 0 bridgehead atoms. The number of aromatic nitrogens is 2. The Hall–Kier alpha value is -2.70. The summed E-state index contributed by atoms with van der Waals surface area (Å²) in [6.45, 7) is 2.85. The van der Waals surface area contributed by atoms with E-state index in [4.69, 9.17) is 4.74 Å². The molecule has 7 heteroatoms. The summed E-state index contributed by atoms with van der Waals surface area (Å²) < 4.78 is 19.3. The predicted molar refractivity (Wildman–Crippen MR) is 88.6 cm³/mol. The van der Waals surface area contributed by atoms with E-state index in [1.165, 1.54) is 23.4 Å². The Kier molecular flexibility index (Phi) is 4.88. The topological polar surface area (TPSA) is 67.3 Å². The summed E-state index contributed by atoms with van der Waals surface area (Å²) in [5, 5.41) is 3.08. The average molecular weight is 330 g/mol. The molecule has 1 aliphatic heterocycles. The summed E-state index contributed by atoms with van der Waals surface area (Å²) in [5.41, 5.74) is 0.308. The van der Waals surface area contributed by atoms with Crippen LogP contribution in [0.25, 0.3) is 0 Å². The van der Waals surface area contributed by atoms with Gasteiger partial charge < -0.3 is 15.0 Å².